The van der Waals surface area contributed by atoms with Crippen molar-refractivity contribution in [1.82, 2.24) is 10.3 Å². The Morgan fingerprint density at radius 3 is 2.78 bits per heavy atom. The van der Waals surface area contributed by atoms with E-state index in [0.29, 0.717) is 19.0 Å². The largest absolute Gasteiger partial charge is 0.493 e. The van der Waals surface area contributed by atoms with Crippen molar-refractivity contribution in [2.75, 3.05) is 13.7 Å². The number of aromatic nitrogens is 1. The Morgan fingerprint density at radius 2 is 2.09 bits per heavy atom. The second-order valence-corrected chi connectivity index (χ2v) is 4.73. The molecule has 0 fully saturated rings. The van der Waals surface area contributed by atoms with E-state index in [1.807, 2.05) is 37.3 Å². The van der Waals surface area contributed by atoms with Crippen LogP contribution in [0.2, 0.25) is 0 Å². The maximum absolute atomic E-state index is 11.9. The van der Waals surface area contributed by atoms with Gasteiger partial charge in [-0.3, -0.25) is 4.79 Å². The highest BCUT2D eigenvalue weighted by Crippen LogP contribution is 2.19. The summed E-state index contributed by atoms with van der Waals surface area (Å²) in [5, 5.41) is 2.81. The van der Waals surface area contributed by atoms with Gasteiger partial charge >= 0.3 is 0 Å². The average Bonchev–Trinajstić information content (AvgIpc) is 2.60. The molecule has 23 heavy (non-hydrogen) atoms. The summed E-state index contributed by atoms with van der Waals surface area (Å²) in [7, 11) is 1.56. The summed E-state index contributed by atoms with van der Waals surface area (Å²) in [6.45, 7) is 2.92. The molecule has 1 aromatic carbocycles. The molecule has 5 nitrogen and oxygen atoms in total. The monoisotopic (exact) mass is 312 g/mol. The fraction of sp³-hybridized carbons (Fsp3) is 0.222. The minimum atomic E-state index is -0.174. The van der Waals surface area contributed by atoms with E-state index in [2.05, 4.69) is 10.3 Å². The van der Waals surface area contributed by atoms with Gasteiger partial charge in [0.15, 0.2) is 0 Å². The zero-order valence-electron chi connectivity index (χ0n) is 13.3. The van der Waals surface area contributed by atoms with Crippen molar-refractivity contribution in [3.05, 3.63) is 59.8 Å². The Balaban J connectivity index is 1.91. The van der Waals surface area contributed by atoms with Crippen molar-refractivity contribution in [1.29, 1.82) is 0 Å². The summed E-state index contributed by atoms with van der Waals surface area (Å²) < 4.78 is 10.5. The fourth-order valence-corrected chi connectivity index (χ4v) is 1.95. The highest BCUT2D eigenvalue weighted by atomic mass is 16.5. The maximum atomic E-state index is 11.9. The number of carbonyl (C=O) groups excluding carboxylic acids is 1. The zero-order valence-corrected chi connectivity index (χ0v) is 13.3. The number of pyridine rings is 1. The van der Waals surface area contributed by atoms with Crippen LogP contribution >= 0.6 is 0 Å². The first-order valence-corrected chi connectivity index (χ1v) is 7.39. The summed E-state index contributed by atoms with van der Waals surface area (Å²) in [6, 6.07) is 11.2. The molecule has 0 aliphatic rings. The number of hydrogen-bond acceptors (Lipinski definition) is 4. The SMILES string of the molecule is CCOc1ccccc1C=CC(=O)NCc1ccc(OC)nc1. The van der Waals surface area contributed by atoms with Crippen LogP contribution in [-0.4, -0.2) is 24.6 Å². The number of hydrogen-bond donors (Lipinski definition) is 1. The van der Waals surface area contributed by atoms with E-state index < -0.39 is 0 Å². The summed E-state index contributed by atoms with van der Waals surface area (Å²) in [4.78, 5) is 16.0. The number of rotatable bonds is 7. The molecule has 0 aliphatic heterocycles. The Bertz CT molecular complexity index is 666. The van der Waals surface area contributed by atoms with Crippen LogP contribution in [0, 0.1) is 0 Å². The van der Waals surface area contributed by atoms with Crippen LogP contribution in [-0.2, 0) is 11.3 Å². The first kappa shape index (κ1) is 16.5. The lowest BCUT2D eigenvalue weighted by Crippen LogP contribution is -2.20. The van der Waals surface area contributed by atoms with Gasteiger partial charge in [0.25, 0.3) is 0 Å². The van der Waals surface area contributed by atoms with Crippen molar-refractivity contribution in [3.8, 4) is 11.6 Å². The second-order valence-electron chi connectivity index (χ2n) is 4.73. The smallest absolute Gasteiger partial charge is 0.244 e. The van der Waals surface area contributed by atoms with Gasteiger partial charge in [-0.05, 0) is 24.6 Å². The number of nitrogens with one attached hydrogen (secondary N) is 1. The van der Waals surface area contributed by atoms with Crippen LogP contribution in [0.3, 0.4) is 0 Å². The van der Waals surface area contributed by atoms with E-state index in [1.54, 1.807) is 25.4 Å². The molecule has 1 N–H and O–H groups in total. The maximum Gasteiger partial charge on any atom is 0.244 e. The van der Waals surface area contributed by atoms with Crippen molar-refractivity contribution in [2.45, 2.75) is 13.5 Å². The summed E-state index contributed by atoms with van der Waals surface area (Å²) in [6.07, 6.45) is 4.91. The number of ether oxygens (including phenoxy) is 2. The number of para-hydroxylation sites is 1. The Morgan fingerprint density at radius 1 is 1.26 bits per heavy atom. The molecule has 0 unspecified atom stereocenters. The lowest BCUT2D eigenvalue weighted by Gasteiger charge is -2.06. The van der Waals surface area contributed by atoms with Gasteiger partial charge in [-0.2, -0.15) is 0 Å². The lowest BCUT2D eigenvalue weighted by molar-refractivity contribution is -0.116. The molecule has 0 atom stereocenters. The van der Waals surface area contributed by atoms with Crippen molar-refractivity contribution < 1.29 is 14.3 Å². The molecule has 1 heterocycles. The predicted molar refractivity (Wildman–Crippen MR) is 89.3 cm³/mol. The van der Waals surface area contributed by atoms with Crippen LogP contribution in [0.4, 0.5) is 0 Å². The molecular weight excluding hydrogens is 292 g/mol. The second kappa shape index (κ2) is 8.58. The molecule has 1 aromatic heterocycles. The van der Waals surface area contributed by atoms with E-state index >= 15 is 0 Å². The fourth-order valence-electron chi connectivity index (χ4n) is 1.95. The molecule has 0 spiro atoms. The molecule has 0 bridgehead atoms. The molecule has 1 amide bonds. The quantitative estimate of drug-likeness (QED) is 0.799. The molecule has 0 saturated carbocycles. The number of amides is 1. The van der Waals surface area contributed by atoms with Gasteiger partial charge in [-0.1, -0.05) is 24.3 Å². The minimum Gasteiger partial charge on any atom is -0.493 e. The van der Waals surface area contributed by atoms with E-state index in [1.165, 1.54) is 6.08 Å². The summed E-state index contributed by atoms with van der Waals surface area (Å²) >= 11 is 0. The van der Waals surface area contributed by atoms with E-state index in [4.69, 9.17) is 9.47 Å². The van der Waals surface area contributed by atoms with Crippen LogP contribution in [0.5, 0.6) is 11.6 Å². The first-order valence-electron chi connectivity index (χ1n) is 7.39. The third-order valence-corrected chi connectivity index (χ3v) is 3.11. The van der Waals surface area contributed by atoms with Gasteiger partial charge in [-0.15, -0.1) is 0 Å². The molecule has 0 radical (unpaired) electrons. The van der Waals surface area contributed by atoms with Crippen LogP contribution in [0.25, 0.3) is 6.08 Å². The van der Waals surface area contributed by atoms with Crippen LogP contribution in [0.1, 0.15) is 18.1 Å². The highest BCUT2D eigenvalue weighted by molar-refractivity contribution is 5.92. The van der Waals surface area contributed by atoms with Crippen LogP contribution in [0.15, 0.2) is 48.7 Å². The third-order valence-electron chi connectivity index (χ3n) is 3.11. The van der Waals surface area contributed by atoms with Gasteiger partial charge in [0.2, 0.25) is 11.8 Å². The van der Waals surface area contributed by atoms with Crippen molar-refractivity contribution in [3.63, 3.8) is 0 Å². The molecule has 2 rings (SSSR count). The molecular formula is C18H20N2O3. The Kier molecular flexibility index (Phi) is 6.17. The average molecular weight is 312 g/mol. The van der Waals surface area contributed by atoms with E-state index in [0.717, 1.165) is 16.9 Å². The van der Waals surface area contributed by atoms with Gasteiger partial charge in [0.05, 0.1) is 13.7 Å². The van der Waals surface area contributed by atoms with Crippen molar-refractivity contribution >= 4 is 12.0 Å². The number of methoxy groups -OCH3 is 1. The standard InChI is InChI=1S/C18H20N2O3/c1-3-23-16-7-5-4-6-15(16)9-10-17(21)19-12-14-8-11-18(22-2)20-13-14/h4-11,13H,3,12H2,1-2H3,(H,19,21). The Labute approximate surface area is 136 Å². The lowest BCUT2D eigenvalue weighted by atomic mass is 10.2. The van der Waals surface area contributed by atoms with Gasteiger partial charge in [0, 0.05) is 30.4 Å². The Hall–Kier alpha value is -2.82. The van der Waals surface area contributed by atoms with Crippen LogP contribution < -0.4 is 14.8 Å². The molecule has 5 heteroatoms. The zero-order chi connectivity index (χ0) is 16.5. The topological polar surface area (TPSA) is 60.5 Å². The van der Waals surface area contributed by atoms with Gasteiger partial charge in [0.1, 0.15) is 5.75 Å². The van der Waals surface area contributed by atoms with Crippen molar-refractivity contribution in [2.24, 2.45) is 0 Å². The minimum absolute atomic E-state index is 0.174. The molecule has 2 aromatic rings. The molecule has 120 valence electrons. The summed E-state index contributed by atoms with van der Waals surface area (Å²) in [5.41, 5.74) is 1.78. The number of nitrogens with zero attached hydrogens (tertiary/aromatic N) is 1. The summed E-state index contributed by atoms with van der Waals surface area (Å²) in [5.74, 6) is 1.14. The normalized spacial score (nSPS) is 10.5. The van der Waals surface area contributed by atoms with Gasteiger partial charge in [-0.25, -0.2) is 4.98 Å². The predicted octanol–water partition coefficient (Wildman–Crippen LogP) is 2.82. The van der Waals surface area contributed by atoms with Gasteiger partial charge < -0.3 is 14.8 Å². The first-order chi connectivity index (χ1) is 11.2. The third kappa shape index (κ3) is 5.14. The number of benzene rings is 1. The molecule has 0 saturated heterocycles. The number of carbonyl (C=O) groups is 1. The van der Waals surface area contributed by atoms with E-state index in [-0.39, 0.29) is 5.91 Å². The molecule has 0 aliphatic carbocycles. The van der Waals surface area contributed by atoms with E-state index in [9.17, 15) is 4.79 Å². The highest BCUT2D eigenvalue weighted by Gasteiger charge is 2.01.